The van der Waals surface area contributed by atoms with Gasteiger partial charge in [0.1, 0.15) is 0 Å². The highest BCUT2D eigenvalue weighted by Gasteiger charge is 2.51. The zero-order valence-electron chi connectivity index (χ0n) is 22.8. The number of hydrogen-bond donors (Lipinski definition) is 1. The molecule has 0 unspecified atom stereocenters. The van der Waals surface area contributed by atoms with Crippen LogP contribution in [0.2, 0.25) is 5.04 Å². The highest BCUT2D eigenvalue weighted by atomic mass is 28.4. The fourth-order valence-corrected chi connectivity index (χ4v) is 11.0. The highest BCUT2D eigenvalue weighted by Crippen LogP contribution is 2.44. The van der Waals surface area contributed by atoms with Crippen molar-refractivity contribution < 1.29 is 4.43 Å². The lowest BCUT2D eigenvalue weighted by molar-refractivity contribution is 0.261. The lowest BCUT2D eigenvalue weighted by atomic mass is 10.0. The third-order valence-corrected chi connectivity index (χ3v) is 13.2. The van der Waals surface area contributed by atoms with E-state index in [1.165, 1.54) is 28.0 Å². The molecule has 3 aromatic heterocycles. The first-order valence-corrected chi connectivity index (χ1v) is 15.4. The van der Waals surface area contributed by atoms with Crippen molar-refractivity contribution >= 4 is 29.9 Å². The van der Waals surface area contributed by atoms with E-state index < -0.39 is 8.32 Å². The summed E-state index contributed by atoms with van der Waals surface area (Å²) < 4.78 is 11.3. The smallest absolute Gasteiger partial charge is 0.278 e. The van der Waals surface area contributed by atoms with Crippen molar-refractivity contribution in [1.29, 1.82) is 0 Å². The maximum atomic E-state index is 12.2. The Labute approximate surface area is 228 Å². The van der Waals surface area contributed by atoms with Crippen molar-refractivity contribution in [2.75, 3.05) is 6.61 Å². The van der Waals surface area contributed by atoms with Crippen molar-refractivity contribution in [2.24, 2.45) is 7.05 Å². The van der Waals surface area contributed by atoms with Crippen LogP contribution in [0, 0.1) is 0 Å². The molecule has 0 saturated carbocycles. The van der Waals surface area contributed by atoms with Gasteiger partial charge in [-0.1, -0.05) is 81.4 Å². The first kappa shape index (κ1) is 25.5. The van der Waals surface area contributed by atoms with Gasteiger partial charge in [-0.2, -0.15) is 5.10 Å². The van der Waals surface area contributed by atoms with E-state index in [0.29, 0.717) is 24.3 Å². The Bertz CT molecular complexity index is 1610. The number of fused-ring (bicyclic) bond motifs is 2. The SMILES string of the molecule is Cn1ncc2c1[C@@H](CO[Si](c1ccccc1)(c1ccccc1)C(C)(C)C)C[C@H]2Cn1cnc2c(=O)[nH]cnc21. The molecule has 6 rings (SSSR count). The number of hydrogen-bond acceptors (Lipinski definition) is 5. The molecule has 2 aromatic carbocycles. The second-order valence-corrected chi connectivity index (χ2v) is 15.8. The van der Waals surface area contributed by atoms with Gasteiger partial charge < -0.3 is 14.0 Å². The summed E-state index contributed by atoms with van der Waals surface area (Å²) in [6.45, 7) is 8.22. The normalized spacial score (nSPS) is 17.5. The van der Waals surface area contributed by atoms with Crippen molar-refractivity contribution in [3.8, 4) is 0 Å². The molecule has 3 heterocycles. The standard InChI is InChI=1S/C30H34N6O2Si/c1-30(2,3)39(23-11-7-5-8-12-23,24-13-9-6-10-14-24)38-18-22-15-21(25-16-34-35(4)27(22)25)17-36-20-33-26-28(36)31-19-32-29(26)37/h5-14,16,19-22H,15,17-18H2,1-4H3,(H,31,32,37)/t21-,22+/m0/s1. The van der Waals surface area contributed by atoms with Crippen LogP contribution in [0.5, 0.6) is 0 Å². The molecule has 8 nitrogen and oxygen atoms in total. The molecule has 0 spiro atoms. The monoisotopic (exact) mass is 538 g/mol. The summed E-state index contributed by atoms with van der Waals surface area (Å²) in [6, 6.07) is 21.6. The van der Waals surface area contributed by atoms with Gasteiger partial charge in [-0.05, 0) is 27.4 Å². The van der Waals surface area contributed by atoms with Crippen molar-refractivity contribution in [2.45, 2.75) is 50.6 Å². The Morgan fingerprint density at radius 3 is 2.31 bits per heavy atom. The van der Waals surface area contributed by atoms with Crippen LogP contribution in [0.4, 0.5) is 0 Å². The van der Waals surface area contributed by atoms with E-state index in [1.807, 2.05) is 22.5 Å². The zero-order valence-corrected chi connectivity index (χ0v) is 23.8. The molecule has 0 amide bonds. The lowest BCUT2D eigenvalue weighted by Crippen LogP contribution is -2.66. The number of H-pyrrole nitrogens is 1. The molecule has 1 N–H and O–H groups in total. The van der Waals surface area contributed by atoms with Crippen LogP contribution in [-0.2, 0) is 18.0 Å². The molecule has 0 radical (unpaired) electrons. The molecule has 2 atom stereocenters. The van der Waals surface area contributed by atoms with Crippen LogP contribution in [-0.4, -0.2) is 44.2 Å². The summed E-state index contributed by atoms with van der Waals surface area (Å²) in [7, 11) is -0.637. The number of nitrogens with zero attached hydrogens (tertiary/aromatic N) is 5. The van der Waals surface area contributed by atoms with Crippen LogP contribution in [0.1, 0.15) is 50.3 Å². The second-order valence-electron chi connectivity index (χ2n) is 11.5. The predicted octanol–water partition coefficient (Wildman–Crippen LogP) is 3.70. The number of nitrogens with one attached hydrogen (secondary N) is 1. The molecule has 9 heteroatoms. The Balaban J connectivity index is 1.34. The van der Waals surface area contributed by atoms with Gasteiger partial charge in [0.15, 0.2) is 11.2 Å². The van der Waals surface area contributed by atoms with E-state index >= 15 is 0 Å². The number of benzene rings is 2. The van der Waals surface area contributed by atoms with Crippen molar-refractivity contribution in [1.82, 2.24) is 29.3 Å². The average Bonchev–Trinajstić information content (AvgIpc) is 3.62. The Morgan fingerprint density at radius 1 is 1.00 bits per heavy atom. The molecule has 200 valence electrons. The fraction of sp³-hybridized carbons (Fsp3) is 0.333. The molecular formula is C30H34N6O2Si. The Morgan fingerprint density at radius 2 is 1.67 bits per heavy atom. The van der Waals surface area contributed by atoms with Gasteiger partial charge in [-0.25, -0.2) is 9.97 Å². The predicted molar refractivity (Wildman–Crippen MR) is 155 cm³/mol. The summed E-state index contributed by atoms with van der Waals surface area (Å²) in [5.41, 5.74) is 3.22. The van der Waals surface area contributed by atoms with Gasteiger partial charge in [-0.3, -0.25) is 9.48 Å². The summed E-state index contributed by atoms with van der Waals surface area (Å²) in [5.74, 6) is 0.422. The topological polar surface area (TPSA) is 90.6 Å². The molecule has 5 aromatic rings. The minimum atomic E-state index is -2.66. The van der Waals surface area contributed by atoms with E-state index in [-0.39, 0.29) is 22.4 Å². The fourth-order valence-electron chi connectivity index (χ4n) is 6.43. The van der Waals surface area contributed by atoms with Gasteiger partial charge in [0.2, 0.25) is 0 Å². The van der Waals surface area contributed by atoms with Gasteiger partial charge >= 0.3 is 0 Å². The van der Waals surface area contributed by atoms with Crippen LogP contribution in [0.15, 0.2) is 84.3 Å². The Kier molecular flexibility index (Phi) is 6.35. The molecule has 0 aliphatic heterocycles. The summed E-state index contributed by atoms with van der Waals surface area (Å²) >= 11 is 0. The summed E-state index contributed by atoms with van der Waals surface area (Å²) in [6.07, 6.45) is 6.08. The van der Waals surface area contributed by atoms with Gasteiger partial charge in [-0.15, -0.1) is 0 Å². The average molecular weight is 539 g/mol. The zero-order chi connectivity index (χ0) is 27.2. The molecule has 0 fully saturated rings. The quantitative estimate of drug-likeness (QED) is 0.319. The molecule has 39 heavy (non-hydrogen) atoms. The Hall–Kier alpha value is -3.82. The number of aromatic amines is 1. The van der Waals surface area contributed by atoms with Gasteiger partial charge in [0.25, 0.3) is 13.9 Å². The van der Waals surface area contributed by atoms with Crippen LogP contribution >= 0.6 is 0 Å². The summed E-state index contributed by atoms with van der Waals surface area (Å²) in [5, 5.41) is 7.11. The first-order chi connectivity index (χ1) is 18.8. The van der Waals surface area contributed by atoms with E-state index in [9.17, 15) is 4.79 Å². The third kappa shape index (κ3) is 4.26. The van der Waals surface area contributed by atoms with Gasteiger partial charge in [0.05, 0.1) is 18.9 Å². The number of aromatic nitrogens is 6. The van der Waals surface area contributed by atoms with E-state index in [0.717, 1.165) is 6.42 Å². The van der Waals surface area contributed by atoms with Crippen LogP contribution in [0.3, 0.4) is 0 Å². The largest absolute Gasteiger partial charge is 0.407 e. The van der Waals surface area contributed by atoms with E-state index in [4.69, 9.17) is 4.43 Å². The maximum Gasteiger partial charge on any atom is 0.278 e. The maximum absolute atomic E-state index is 12.2. The molecule has 1 aliphatic carbocycles. The number of aryl methyl sites for hydroxylation is 1. The molecule has 0 saturated heterocycles. The second kappa shape index (κ2) is 9.73. The number of rotatable bonds is 7. The lowest BCUT2D eigenvalue weighted by Gasteiger charge is -2.43. The van der Waals surface area contributed by atoms with E-state index in [1.54, 1.807) is 6.33 Å². The van der Waals surface area contributed by atoms with E-state index in [2.05, 4.69) is 101 Å². The van der Waals surface area contributed by atoms with Crippen LogP contribution in [0.25, 0.3) is 11.2 Å². The van der Waals surface area contributed by atoms with Crippen molar-refractivity contribution in [3.63, 3.8) is 0 Å². The minimum Gasteiger partial charge on any atom is -0.407 e. The minimum absolute atomic E-state index is 0.0859. The molecule has 1 aliphatic rings. The highest BCUT2D eigenvalue weighted by molar-refractivity contribution is 6.99. The summed E-state index contributed by atoms with van der Waals surface area (Å²) in [4.78, 5) is 23.5. The third-order valence-electron chi connectivity index (χ3n) is 8.15. The van der Waals surface area contributed by atoms with Gasteiger partial charge in [0, 0.05) is 37.7 Å². The number of imidazole rings is 1. The first-order valence-electron chi connectivity index (χ1n) is 13.4. The molecule has 0 bridgehead atoms. The van der Waals surface area contributed by atoms with Crippen molar-refractivity contribution in [3.05, 3.63) is 101 Å². The van der Waals surface area contributed by atoms with Crippen LogP contribution < -0.4 is 15.9 Å². The molecular weight excluding hydrogens is 504 g/mol.